The van der Waals surface area contributed by atoms with Crippen molar-refractivity contribution in [3.63, 3.8) is 0 Å². The van der Waals surface area contributed by atoms with Crippen LogP contribution in [0.5, 0.6) is 5.75 Å². The van der Waals surface area contributed by atoms with E-state index in [1.54, 1.807) is 30.7 Å². The average Bonchev–Trinajstić information content (AvgIpc) is 3.05. The fourth-order valence-electron chi connectivity index (χ4n) is 4.12. The van der Waals surface area contributed by atoms with Gasteiger partial charge in [-0.15, -0.1) is 0 Å². The Hall–Kier alpha value is -4.00. The van der Waals surface area contributed by atoms with Crippen LogP contribution in [0.1, 0.15) is 41.0 Å². The molecule has 0 bridgehead atoms. The summed E-state index contributed by atoms with van der Waals surface area (Å²) in [4.78, 5) is 26.5. The first-order valence-electron chi connectivity index (χ1n) is 11.2. The standard InChI is InChI=1S/C26H25N5O2/c32-26(30-24-22(11-7-14-28-24)33-18-19-12-15-27-16-13-19)23-21-10-5-2-6-17-31(21)25(29-23)20-8-3-1-4-9-20/h1,3-4,7-9,11-16H,2,5-6,10,17-18H2,(H,28,30,32). The number of ether oxygens (including phenoxy) is 1. The molecule has 0 radical (unpaired) electrons. The highest BCUT2D eigenvalue weighted by molar-refractivity contribution is 6.04. The normalized spacial score (nSPS) is 13.1. The fourth-order valence-corrected chi connectivity index (χ4v) is 4.12. The number of carbonyl (C=O) groups is 1. The number of nitrogens with one attached hydrogen (secondary N) is 1. The first-order valence-corrected chi connectivity index (χ1v) is 11.2. The van der Waals surface area contributed by atoms with Gasteiger partial charge in [-0.25, -0.2) is 9.97 Å². The van der Waals surface area contributed by atoms with E-state index in [4.69, 9.17) is 9.72 Å². The average molecular weight is 440 g/mol. The van der Waals surface area contributed by atoms with Gasteiger partial charge in [0.15, 0.2) is 11.6 Å². The van der Waals surface area contributed by atoms with Crippen LogP contribution in [-0.2, 0) is 19.6 Å². The summed E-state index contributed by atoms with van der Waals surface area (Å²) in [6.45, 7) is 1.22. The van der Waals surface area contributed by atoms with Crippen LogP contribution in [0.4, 0.5) is 5.82 Å². The van der Waals surface area contributed by atoms with Gasteiger partial charge in [0.1, 0.15) is 18.1 Å². The number of amides is 1. The number of anilines is 1. The molecule has 0 saturated carbocycles. The van der Waals surface area contributed by atoms with Crippen LogP contribution in [0.3, 0.4) is 0 Å². The summed E-state index contributed by atoms with van der Waals surface area (Å²) in [6, 6.07) is 17.4. The van der Waals surface area contributed by atoms with Gasteiger partial charge in [0.05, 0.1) is 5.69 Å². The zero-order valence-corrected chi connectivity index (χ0v) is 18.3. The summed E-state index contributed by atoms with van der Waals surface area (Å²) < 4.78 is 8.14. The lowest BCUT2D eigenvalue weighted by Gasteiger charge is -2.12. The van der Waals surface area contributed by atoms with E-state index in [2.05, 4.69) is 19.9 Å². The Morgan fingerprint density at radius 3 is 2.67 bits per heavy atom. The number of pyridine rings is 2. The third kappa shape index (κ3) is 4.62. The topological polar surface area (TPSA) is 81.9 Å². The summed E-state index contributed by atoms with van der Waals surface area (Å²) >= 11 is 0. The second-order valence-electron chi connectivity index (χ2n) is 8.01. The predicted octanol–water partition coefficient (Wildman–Crippen LogP) is 4.90. The molecule has 5 rings (SSSR count). The van der Waals surface area contributed by atoms with Gasteiger partial charge in [0.25, 0.3) is 5.91 Å². The lowest BCUT2D eigenvalue weighted by atomic mass is 10.1. The van der Waals surface area contributed by atoms with Crippen molar-refractivity contribution < 1.29 is 9.53 Å². The Labute approximate surface area is 192 Å². The predicted molar refractivity (Wildman–Crippen MR) is 126 cm³/mol. The lowest BCUT2D eigenvalue weighted by molar-refractivity contribution is 0.102. The van der Waals surface area contributed by atoms with E-state index in [-0.39, 0.29) is 5.91 Å². The van der Waals surface area contributed by atoms with Crippen molar-refractivity contribution in [1.82, 2.24) is 19.5 Å². The van der Waals surface area contributed by atoms with E-state index < -0.39 is 0 Å². The lowest BCUT2D eigenvalue weighted by Crippen LogP contribution is -2.17. The number of imidazole rings is 1. The van der Waals surface area contributed by atoms with Crippen molar-refractivity contribution in [3.05, 3.63) is 90.1 Å². The van der Waals surface area contributed by atoms with E-state index in [1.807, 2.05) is 42.5 Å². The highest BCUT2D eigenvalue weighted by Crippen LogP contribution is 2.29. The molecule has 0 aliphatic carbocycles. The molecule has 0 spiro atoms. The molecule has 0 fully saturated rings. The number of hydrogen-bond donors (Lipinski definition) is 1. The van der Waals surface area contributed by atoms with Crippen LogP contribution in [0.25, 0.3) is 11.4 Å². The van der Waals surface area contributed by atoms with Gasteiger partial charge in [-0.05, 0) is 49.1 Å². The van der Waals surface area contributed by atoms with Gasteiger partial charge >= 0.3 is 0 Å². The van der Waals surface area contributed by atoms with Crippen molar-refractivity contribution in [1.29, 1.82) is 0 Å². The zero-order valence-electron chi connectivity index (χ0n) is 18.3. The van der Waals surface area contributed by atoms with Crippen LogP contribution in [0, 0.1) is 0 Å². The number of fused-ring (bicyclic) bond motifs is 1. The van der Waals surface area contributed by atoms with Crippen LogP contribution < -0.4 is 10.1 Å². The fraction of sp³-hybridized carbons (Fsp3) is 0.231. The maximum absolute atomic E-state index is 13.4. The summed E-state index contributed by atoms with van der Waals surface area (Å²) in [6.07, 6.45) is 9.18. The molecule has 0 unspecified atom stereocenters. The molecule has 1 aliphatic rings. The van der Waals surface area contributed by atoms with Crippen LogP contribution in [0.15, 0.2) is 73.2 Å². The van der Waals surface area contributed by atoms with E-state index in [9.17, 15) is 4.79 Å². The molecule has 1 amide bonds. The quantitative estimate of drug-likeness (QED) is 0.462. The Kier molecular flexibility index (Phi) is 6.10. The molecule has 0 saturated heterocycles. The van der Waals surface area contributed by atoms with E-state index in [1.165, 1.54) is 0 Å². The molecule has 7 nitrogen and oxygen atoms in total. The minimum Gasteiger partial charge on any atom is -0.485 e. The molecular formula is C26H25N5O2. The van der Waals surface area contributed by atoms with Crippen LogP contribution in [0.2, 0.25) is 0 Å². The Balaban J connectivity index is 1.42. The van der Waals surface area contributed by atoms with Gasteiger partial charge in [0.2, 0.25) is 0 Å². The number of benzene rings is 1. The summed E-state index contributed by atoms with van der Waals surface area (Å²) in [5, 5.41) is 2.94. The highest BCUT2D eigenvalue weighted by Gasteiger charge is 2.25. The van der Waals surface area contributed by atoms with Crippen molar-refractivity contribution >= 4 is 11.7 Å². The highest BCUT2D eigenvalue weighted by atomic mass is 16.5. The second-order valence-corrected chi connectivity index (χ2v) is 8.01. The minimum atomic E-state index is -0.268. The molecule has 1 aliphatic heterocycles. The SMILES string of the molecule is O=C(Nc1ncccc1OCc1ccncc1)c1nc(-c2ccccc2)n2c1CCCCC2. The third-order valence-electron chi connectivity index (χ3n) is 5.76. The minimum absolute atomic E-state index is 0.268. The maximum atomic E-state index is 13.4. The summed E-state index contributed by atoms with van der Waals surface area (Å²) in [5.74, 6) is 1.47. The van der Waals surface area contributed by atoms with Crippen molar-refractivity contribution in [2.45, 2.75) is 38.8 Å². The Morgan fingerprint density at radius 2 is 1.82 bits per heavy atom. The van der Waals surface area contributed by atoms with Crippen molar-refractivity contribution in [2.75, 3.05) is 5.32 Å². The Bertz CT molecular complexity index is 1240. The van der Waals surface area contributed by atoms with Gasteiger partial charge in [-0.2, -0.15) is 0 Å². The smallest absolute Gasteiger partial charge is 0.277 e. The first-order chi connectivity index (χ1) is 16.3. The number of rotatable bonds is 6. The molecule has 7 heteroatoms. The zero-order chi connectivity index (χ0) is 22.5. The number of carbonyl (C=O) groups excluding carboxylic acids is 1. The van der Waals surface area contributed by atoms with Gasteiger partial charge in [-0.1, -0.05) is 36.8 Å². The van der Waals surface area contributed by atoms with Gasteiger partial charge in [0, 0.05) is 30.7 Å². The molecule has 4 aromatic rings. The molecule has 1 N–H and O–H groups in total. The molecular weight excluding hydrogens is 414 g/mol. The molecule has 1 aromatic carbocycles. The third-order valence-corrected chi connectivity index (χ3v) is 5.76. The summed E-state index contributed by atoms with van der Waals surface area (Å²) in [5.41, 5.74) is 3.44. The largest absolute Gasteiger partial charge is 0.485 e. The van der Waals surface area contributed by atoms with E-state index in [0.717, 1.165) is 54.9 Å². The number of hydrogen-bond acceptors (Lipinski definition) is 5. The number of nitrogens with zero attached hydrogens (tertiary/aromatic N) is 4. The molecule has 33 heavy (non-hydrogen) atoms. The van der Waals surface area contributed by atoms with E-state index in [0.29, 0.717) is 23.9 Å². The van der Waals surface area contributed by atoms with Gasteiger partial charge in [-0.3, -0.25) is 9.78 Å². The molecule has 166 valence electrons. The maximum Gasteiger partial charge on any atom is 0.277 e. The first kappa shape index (κ1) is 20.9. The molecule has 0 atom stereocenters. The van der Waals surface area contributed by atoms with Crippen molar-refractivity contribution in [3.8, 4) is 17.1 Å². The molecule has 3 aromatic heterocycles. The van der Waals surface area contributed by atoms with Crippen molar-refractivity contribution in [2.24, 2.45) is 0 Å². The van der Waals surface area contributed by atoms with Crippen LogP contribution >= 0.6 is 0 Å². The Morgan fingerprint density at radius 1 is 0.970 bits per heavy atom. The molecule has 4 heterocycles. The monoisotopic (exact) mass is 439 g/mol. The number of aromatic nitrogens is 4. The van der Waals surface area contributed by atoms with Crippen LogP contribution in [-0.4, -0.2) is 25.4 Å². The van der Waals surface area contributed by atoms with E-state index >= 15 is 0 Å². The second kappa shape index (κ2) is 9.65. The summed E-state index contributed by atoms with van der Waals surface area (Å²) in [7, 11) is 0. The van der Waals surface area contributed by atoms with Gasteiger partial charge < -0.3 is 14.6 Å².